The van der Waals surface area contributed by atoms with Gasteiger partial charge in [-0.2, -0.15) is 0 Å². The van der Waals surface area contributed by atoms with Crippen molar-refractivity contribution in [3.8, 4) is 0 Å². The smallest absolute Gasteiger partial charge is 0.147 e. The highest BCUT2D eigenvalue weighted by molar-refractivity contribution is 7.90. The van der Waals surface area contributed by atoms with E-state index in [2.05, 4.69) is 15.3 Å². The minimum atomic E-state index is -2.90. The molecule has 5 nitrogen and oxygen atoms in total. The van der Waals surface area contributed by atoms with Crippen LogP contribution in [0.1, 0.15) is 19.2 Å². The molecule has 0 aliphatic heterocycles. The summed E-state index contributed by atoms with van der Waals surface area (Å²) in [7, 11) is -2.90. The Balaban J connectivity index is 2.49. The molecular formula is C10H16ClN3O2S. The zero-order valence-electron chi connectivity index (χ0n) is 9.90. The van der Waals surface area contributed by atoms with Gasteiger partial charge in [-0.15, -0.1) is 0 Å². The number of halogens is 1. The Morgan fingerprint density at radius 1 is 1.41 bits per heavy atom. The molecule has 1 N–H and O–H groups in total. The standard InChI is InChI=1S/C10H16ClN3O2S/c1-3-9-13-8(11)7-10(14-9)12-5-4-6-17(2,15)16/h7H,3-6H2,1-2H3,(H,12,13,14). The lowest BCUT2D eigenvalue weighted by atomic mass is 10.4. The first-order chi connectivity index (χ1) is 7.90. The van der Waals surface area contributed by atoms with Crippen LogP contribution in [0.25, 0.3) is 0 Å². The molecule has 1 aromatic heterocycles. The van der Waals surface area contributed by atoms with Gasteiger partial charge < -0.3 is 5.32 Å². The van der Waals surface area contributed by atoms with Gasteiger partial charge in [0.2, 0.25) is 0 Å². The third kappa shape index (κ3) is 5.83. The maximum absolute atomic E-state index is 10.9. The zero-order valence-corrected chi connectivity index (χ0v) is 11.5. The molecule has 17 heavy (non-hydrogen) atoms. The molecule has 1 aromatic rings. The molecule has 0 aromatic carbocycles. The number of anilines is 1. The number of aromatic nitrogens is 2. The second-order valence-electron chi connectivity index (χ2n) is 3.76. The molecular weight excluding hydrogens is 262 g/mol. The molecule has 0 radical (unpaired) electrons. The highest BCUT2D eigenvalue weighted by atomic mass is 35.5. The van der Waals surface area contributed by atoms with E-state index in [1.165, 1.54) is 6.26 Å². The summed E-state index contributed by atoms with van der Waals surface area (Å²) in [4.78, 5) is 8.27. The maximum Gasteiger partial charge on any atom is 0.147 e. The fraction of sp³-hybridized carbons (Fsp3) is 0.600. The molecule has 0 amide bonds. The predicted molar refractivity (Wildman–Crippen MR) is 69.2 cm³/mol. The molecule has 0 aliphatic rings. The molecule has 0 aliphatic carbocycles. The topological polar surface area (TPSA) is 72.0 Å². The Labute approximate surface area is 107 Å². The van der Waals surface area contributed by atoms with Crippen molar-refractivity contribution in [3.05, 3.63) is 17.0 Å². The zero-order chi connectivity index (χ0) is 12.9. The van der Waals surface area contributed by atoms with Gasteiger partial charge >= 0.3 is 0 Å². The lowest BCUT2D eigenvalue weighted by molar-refractivity contribution is 0.600. The van der Waals surface area contributed by atoms with Crippen LogP contribution in [0.3, 0.4) is 0 Å². The summed E-state index contributed by atoms with van der Waals surface area (Å²) < 4.78 is 21.8. The Bertz CT molecular complexity index is 476. The lowest BCUT2D eigenvalue weighted by Crippen LogP contribution is -2.11. The first kappa shape index (κ1) is 14.2. The second-order valence-corrected chi connectivity index (χ2v) is 6.40. The summed E-state index contributed by atoms with van der Waals surface area (Å²) in [5, 5.41) is 3.42. The van der Waals surface area contributed by atoms with Gasteiger partial charge in [-0.1, -0.05) is 18.5 Å². The molecule has 1 rings (SSSR count). The lowest BCUT2D eigenvalue weighted by Gasteiger charge is -2.06. The van der Waals surface area contributed by atoms with E-state index in [4.69, 9.17) is 11.6 Å². The molecule has 0 saturated heterocycles. The van der Waals surface area contributed by atoms with Crippen LogP contribution in [0.15, 0.2) is 6.07 Å². The van der Waals surface area contributed by atoms with Crippen LogP contribution in [0.5, 0.6) is 0 Å². The minimum absolute atomic E-state index is 0.166. The van der Waals surface area contributed by atoms with Crippen molar-refractivity contribution in [3.63, 3.8) is 0 Å². The van der Waals surface area contributed by atoms with Gasteiger partial charge in [-0.3, -0.25) is 0 Å². The van der Waals surface area contributed by atoms with Crippen LogP contribution >= 0.6 is 11.6 Å². The summed E-state index contributed by atoms with van der Waals surface area (Å²) in [6.45, 7) is 2.49. The van der Waals surface area contributed by atoms with Gasteiger partial charge in [0.15, 0.2) is 0 Å². The van der Waals surface area contributed by atoms with E-state index < -0.39 is 9.84 Å². The Hall–Kier alpha value is -0.880. The summed E-state index contributed by atoms with van der Waals surface area (Å²) in [6.07, 6.45) is 2.48. The molecule has 0 fully saturated rings. The molecule has 7 heteroatoms. The minimum Gasteiger partial charge on any atom is -0.370 e. The number of aryl methyl sites for hydroxylation is 1. The number of rotatable bonds is 6. The van der Waals surface area contributed by atoms with Crippen LogP contribution in [0.4, 0.5) is 5.82 Å². The Morgan fingerprint density at radius 2 is 2.12 bits per heavy atom. The fourth-order valence-corrected chi connectivity index (χ4v) is 2.13. The number of hydrogen-bond acceptors (Lipinski definition) is 5. The molecule has 0 atom stereocenters. The van der Waals surface area contributed by atoms with Crippen molar-refractivity contribution in [1.82, 2.24) is 9.97 Å². The summed E-state index contributed by atoms with van der Waals surface area (Å²) in [5.74, 6) is 1.47. The van der Waals surface area contributed by atoms with Gasteiger partial charge in [0, 0.05) is 25.3 Å². The van der Waals surface area contributed by atoms with Gasteiger partial charge in [0.25, 0.3) is 0 Å². The highest BCUT2D eigenvalue weighted by Crippen LogP contribution is 2.11. The van der Waals surface area contributed by atoms with Crippen LogP contribution in [0, 0.1) is 0 Å². The third-order valence-corrected chi connectivity index (χ3v) is 3.28. The van der Waals surface area contributed by atoms with E-state index >= 15 is 0 Å². The predicted octanol–water partition coefficient (Wildman–Crippen LogP) is 1.54. The second kappa shape index (κ2) is 6.16. The highest BCUT2D eigenvalue weighted by Gasteiger charge is 2.03. The molecule has 0 unspecified atom stereocenters. The van der Waals surface area contributed by atoms with Crippen LogP contribution in [-0.4, -0.2) is 36.9 Å². The first-order valence-corrected chi connectivity index (χ1v) is 7.79. The first-order valence-electron chi connectivity index (χ1n) is 5.36. The van der Waals surface area contributed by atoms with E-state index in [9.17, 15) is 8.42 Å². The molecule has 0 bridgehead atoms. The van der Waals surface area contributed by atoms with Crippen LogP contribution in [0.2, 0.25) is 5.15 Å². The summed E-state index contributed by atoms with van der Waals surface area (Å²) in [6, 6.07) is 1.63. The average Bonchev–Trinajstić information content (AvgIpc) is 2.22. The third-order valence-electron chi connectivity index (χ3n) is 2.06. The van der Waals surface area contributed by atoms with Crippen molar-refractivity contribution in [1.29, 1.82) is 0 Å². The van der Waals surface area contributed by atoms with Crippen molar-refractivity contribution < 1.29 is 8.42 Å². The van der Waals surface area contributed by atoms with Crippen molar-refractivity contribution in [2.75, 3.05) is 23.9 Å². The molecule has 0 spiro atoms. The summed E-state index contributed by atoms with van der Waals surface area (Å²) >= 11 is 5.83. The number of sulfone groups is 1. The van der Waals surface area contributed by atoms with Crippen molar-refractivity contribution in [2.24, 2.45) is 0 Å². The summed E-state index contributed by atoms with van der Waals surface area (Å²) in [5.41, 5.74) is 0. The van der Waals surface area contributed by atoms with E-state index in [-0.39, 0.29) is 5.75 Å². The van der Waals surface area contributed by atoms with Crippen molar-refractivity contribution >= 4 is 27.3 Å². The van der Waals surface area contributed by atoms with Gasteiger partial charge in [0.05, 0.1) is 5.75 Å². The Kier molecular flexibility index (Phi) is 5.14. The average molecular weight is 278 g/mol. The van der Waals surface area contributed by atoms with Gasteiger partial charge in [-0.25, -0.2) is 18.4 Å². The SMILES string of the molecule is CCc1nc(Cl)cc(NCCCS(C)(=O)=O)n1. The number of hydrogen-bond donors (Lipinski definition) is 1. The van der Waals surface area contributed by atoms with Crippen molar-refractivity contribution in [2.45, 2.75) is 19.8 Å². The largest absolute Gasteiger partial charge is 0.370 e. The van der Waals surface area contributed by atoms with Gasteiger partial charge in [0.1, 0.15) is 26.6 Å². The van der Waals surface area contributed by atoms with E-state index in [1.54, 1.807) is 6.07 Å². The van der Waals surface area contributed by atoms with Crippen LogP contribution in [-0.2, 0) is 16.3 Å². The van der Waals surface area contributed by atoms with Crippen LogP contribution < -0.4 is 5.32 Å². The van der Waals surface area contributed by atoms with E-state index in [0.717, 1.165) is 0 Å². The maximum atomic E-state index is 10.9. The van der Waals surface area contributed by atoms with E-state index in [1.807, 2.05) is 6.92 Å². The fourth-order valence-electron chi connectivity index (χ4n) is 1.26. The number of nitrogens with zero attached hydrogens (tertiary/aromatic N) is 2. The number of nitrogens with one attached hydrogen (secondary N) is 1. The quantitative estimate of drug-likeness (QED) is 0.631. The molecule has 1 heterocycles. The van der Waals surface area contributed by atoms with E-state index in [0.29, 0.717) is 36.2 Å². The normalized spacial score (nSPS) is 11.5. The van der Waals surface area contributed by atoms with Gasteiger partial charge in [-0.05, 0) is 6.42 Å². The monoisotopic (exact) mass is 277 g/mol. The Morgan fingerprint density at radius 3 is 2.71 bits per heavy atom. The molecule has 0 saturated carbocycles. The molecule has 96 valence electrons.